The van der Waals surface area contributed by atoms with Gasteiger partial charge in [-0.25, -0.2) is 0 Å². The number of hydrogen-bond acceptors (Lipinski definition) is 3. The van der Waals surface area contributed by atoms with Crippen molar-refractivity contribution >= 4 is 23.0 Å². The summed E-state index contributed by atoms with van der Waals surface area (Å²) in [6, 6.07) is 15.3. The highest BCUT2D eigenvalue weighted by molar-refractivity contribution is 6.06. The van der Waals surface area contributed by atoms with Crippen LogP contribution in [0, 0.1) is 0 Å². The molecule has 2 N–H and O–H groups in total. The molecule has 4 nitrogen and oxygen atoms in total. The molecule has 3 rings (SSSR count). The summed E-state index contributed by atoms with van der Waals surface area (Å²) in [4.78, 5) is 14.1. The molecule has 0 bridgehead atoms. The van der Waals surface area contributed by atoms with Gasteiger partial charge in [0, 0.05) is 18.3 Å². The van der Waals surface area contributed by atoms with Crippen LogP contribution in [0.5, 0.6) is 0 Å². The number of fused-ring (bicyclic) bond motifs is 1. The van der Waals surface area contributed by atoms with Crippen molar-refractivity contribution in [1.29, 1.82) is 0 Å². The molecule has 2 aromatic carbocycles. The van der Waals surface area contributed by atoms with Crippen LogP contribution in [0.15, 0.2) is 48.5 Å². The smallest absolute Gasteiger partial charge is 0.258 e. The van der Waals surface area contributed by atoms with E-state index in [1.54, 1.807) is 11.9 Å². The number of carbonyl (C=O) groups is 1. The van der Waals surface area contributed by atoms with Gasteiger partial charge >= 0.3 is 0 Å². The number of amides is 1. The predicted octanol–water partition coefficient (Wildman–Crippen LogP) is 2.76. The fourth-order valence-electron chi connectivity index (χ4n) is 2.17. The molecule has 0 radical (unpaired) electrons. The highest BCUT2D eigenvalue weighted by Gasteiger charge is 2.16. The Kier molecular flexibility index (Phi) is 2.83. The Labute approximate surface area is 112 Å². The zero-order valence-corrected chi connectivity index (χ0v) is 10.7. The van der Waals surface area contributed by atoms with Crippen molar-refractivity contribution in [2.24, 2.45) is 0 Å². The molecule has 1 heterocycles. The van der Waals surface area contributed by atoms with E-state index in [0.29, 0.717) is 12.2 Å². The van der Waals surface area contributed by atoms with Gasteiger partial charge in [0.2, 0.25) is 0 Å². The average molecular weight is 253 g/mol. The molecule has 19 heavy (non-hydrogen) atoms. The molecule has 1 amide bonds. The second-order valence-corrected chi connectivity index (χ2v) is 4.49. The van der Waals surface area contributed by atoms with E-state index in [2.05, 4.69) is 10.6 Å². The van der Waals surface area contributed by atoms with Crippen LogP contribution in [0.25, 0.3) is 0 Å². The zero-order chi connectivity index (χ0) is 13.2. The number of nitrogens with zero attached hydrogens (tertiary/aromatic N) is 1. The summed E-state index contributed by atoms with van der Waals surface area (Å²) in [6.45, 7) is 0.710. The number of para-hydroxylation sites is 1. The Hall–Kier alpha value is -2.49. The Bertz CT molecular complexity index is 610. The standard InChI is InChI=1S/C15H15N3O/c1-18(12-5-3-2-4-6-12)15(19)11-7-8-13-14(9-11)17-10-16-13/h2-9,16-17H,10H2,1H3. The maximum atomic E-state index is 12.4. The van der Waals surface area contributed by atoms with Crippen LogP contribution in [0.1, 0.15) is 10.4 Å². The molecule has 0 aromatic heterocycles. The first-order valence-corrected chi connectivity index (χ1v) is 6.20. The van der Waals surface area contributed by atoms with Gasteiger partial charge in [0.1, 0.15) is 0 Å². The first-order valence-electron chi connectivity index (χ1n) is 6.20. The van der Waals surface area contributed by atoms with E-state index in [9.17, 15) is 4.79 Å². The SMILES string of the molecule is CN(C(=O)c1ccc2c(c1)NCN2)c1ccccc1. The maximum absolute atomic E-state index is 12.4. The lowest BCUT2D eigenvalue weighted by molar-refractivity contribution is 0.0993. The molecule has 1 aliphatic heterocycles. The van der Waals surface area contributed by atoms with Crippen LogP contribution in [0.3, 0.4) is 0 Å². The number of carbonyl (C=O) groups excluding carboxylic acids is 1. The zero-order valence-electron chi connectivity index (χ0n) is 10.7. The molecule has 1 aliphatic rings. The number of hydrogen-bond donors (Lipinski definition) is 2. The third-order valence-electron chi connectivity index (χ3n) is 3.27. The van der Waals surface area contributed by atoms with E-state index < -0.39 is 0 Å². The van der Waals surface area contributed by atoms with Gasteiger partial charge in [-0.2, -0.15) is 0 Å². The molecule has 0 saturated heterocycles. The number of nitrogens with one attached hydrogen (secondary N) is 2. The first-order chi connectivity index (χ1) is 9.25. The van der Waals surface area contributed by atoms with Gasteiger partial charge in [-0.1, -0.05) is 18.2 Å². The summed E-state index contributed by atoms with van der Waals surface area (Å²) in [7, 11) is 1.79. The van der Waals surface area contributed by atoms with Crippen molar-refractivity contribution in [2.75, 3.05) is 29.2 Å². The normalized spacial score (nSPS) is 12.3. The monoisotopic (exact) mass is 253 g/mol. The van der Waals surface area contributed by atoms with Gasteiger partial charge in [-0.3, -0.25) is 4.79 Å². The van der Waals surface area contributed by atoms with E-state index >= 15 is 0 Å². The largest absolute Gasteiger partial charge is 0.366 e. The number of rotatable bonds is 2. The molecule has 0 aliphatic carbocycles. The van der Waals surface area contributed by atoms with E-state index in [1.165, 1.54) is 0 Å². The van der Waals surface area contributed by atoms with Gasteiger partial charge in [-0.05, 0) is 30.3 Å². The Morgan fingerprint density at radius 2 is 1.79 bits per heavy atom. The molecule has 2 aromatic rings. The van der Waals surface area contributed by atoms with Crippen LogP contribution in [-0.4, -0.2) is 19.6 Å². The minimum absolute atomic E-state index is 0.0114. The molecule has 0 fully saturated rings. The van der Waals surface area contributed by atoms with Crippen LogP contribution < -0.4 is 15.5 Å². The second kappa shape index (κ2) is 4.65. The lowest BCUT2D eigenvalue weighted by atomic mass is 10.1. The predicted molar refractivity (Wildman–Crippen MR) is 77.7 cm³/mol. The van der Waals surface area contributed by atoms with Crippen molar-refractivity contribution in [3.8, 4) is 0 Å². The summed E-state index contributed by atoms with van der Waals surface area (Å²) < 4.78 is 0. The highest BCUT2D eigenvalue weighted by atomic mass is 16.2. The van der Waals surface area contributed by atoms with Gasteiger partial charge in [0.05, 0.1) is 18.0 Å². The topological polar surface area (TPSA) is 44.4 Å². The Balaban J connectivity index is 1.88. The van der Waals surface area contributed by atoms with Crippen LogP contribution >= 0.6 is 0 Å². The van der Waals surface area contributed by atoms with Crippen molar-refractivity contribution < 1.29 is 4.79 Å². The molecule has 96 valence electrons. The van der Waals surface area contributed by atoms with Gasteiger partial charge in [0.25, 0.3) is 5.91 Å². The molecular weight excluding hydrogens is 238 g/mol. The molecular formula is C15H15N3O. The van der Waals surface area contributed by atoms with Crippen LogP contribution in [0.4, 0.5) is 17.1 Å². The van der Waals surface area contributed by atoms with Crippen LogP contribution in [0.2, 0.25) is 0 Å². The fraction of sp³-hybridized carbons (Fsp3) is 0.133. The summed E-state index contributed by atoms with van der Waals surface area (Å²) in [5.74, 6) is -0.0114. The van der Waals surface area contributed by atoms with E-state index in [4.69, 9.17) is 0 Å². The first kappa shape index (κ1) is 11.6. The quantitative estimate of drug-likeness (QED) is 0.865. The fourth-order valence-corrected chi connectivity index (χ4v) is 2.17. The van der Waals surface area contributed by atoms with E-state index in [0.717, 1.165) is 17.1 Å². The minimum Gasteiger partial charge on any atom is -0.366 e. The molecule has 0 atom stereocenters. The lowest BCUT2D eigenvalue weighted by Crippen LogP contribution is -2.26. The van der Waals surface area contributed by atoms with E-state index in [1.807, 2.05) is 48.5 Å². The van der Waals surface area contributed by atoms with Gasteiger partial charge in [0.15, 0.2) is 0 Å². The minimum atomic E-state index is -0.0114. The lowest BCUT2D eigenvalue weighted by Gasteiger charge is -2.17. The maximum Gasteiger partial charge on any atom is 0.258 e. The second-order valence-electron chi connectivity index (χ2n) is 4.49. The van der Waals surface area contributed by atoms with Crippen LogP contribution in [-0.2, 0) is 0 Å². The van der Waals surface area contributed by atoms with Crippen molar-refractivity contribution in [3.63, 3.8) is 0 Å². The summed E-state index contributed by atoms with van der Waals surface area (Å²) >= 11 is 0. The molecule has 0 saturated carbocycles. The third-order valence-corrected chi connectivity index (χ3v) is 3.27. The highest BCUT2D eigenvalue weighted by Crippen LogP contribution is 2.27. The average Bonchev–Trinajstić information content (AvgIpc) is 2.94. The third kappa shape index (κ3) is 2.12. The van der Waals surface area contributed by atoms with Gasteiger partial charge in [-0.15, -0.1) is 0 Å². The number of anilines is 3. The summed E-state index contributed by atoms with van der Waals surface area (Å²) in [5.41, 5.74) is 3.59. The molecule has 4 heteroatoms. The summed E-state index contributed by atoms with van der Waals surface area (Å²) in [6.07, 6.45) is 0. The Morgan fingerprint density at radius 1 is 1.05 bits per heavy atom. The molecule has 0 spiro atoms. The summed E-state index contributed by atoms with van der Waals surface area (Å²) in [5, 5.41) is 6.38. The molecule has 0 unspecified atom stereocenters. The van der Waals surface area contributed by atoms with Gasteiger partial charge < -0.3 is 15.5 Å². The van der Waals surface area contributed by atoms with Crippen molar-refractivity contribution in [2.45, 2.75) is 0 Å². The Morgan fingerprint density at radius 3 is 2.58 bits per heavy atom. The van der Waals surface area contributed by atoms with E-state index in [-0.39, 0.29) is 5.91 Å². The van der Waals surface area contributed by atoms with Crippen molar-refractivity contribution in [1.82, 2.24) is 0 Å². The number of benzene rings is 2. The van der Waals surface area contributed by atoms with Crippen molar-refractivity contribution in [3.05, 3.63) is 54.1 Å².